The van der Waals surface area contributed by atoms with Crippen LogP contribution in [0.5, 0.6) is 0 Å². The van der Waals surface area contributed by atoms with E-state index in [9.17, 15) is 4.79 Å². The number of carbonyl (C=O) groups excluding carboxylic acids is 1. The molecule has 19 heavy (non-hydrogen) atoms. The number of hydrogen-bond donors (Lipinski definition) is 0. The Kier molecular flexibility index (Phi) is 4.11. The van der Waals surface area contributed by atoms with Gasteiger partial charge in [0.2, 0.25) is 0 Å². The molecule has 0 bridgehead atoms. The van der Waals surface area contributed by atoms with Crippen LogP contribution in [-0.2, 0) is 11.3 Å². The average molecular weight is 277 g/mol. The number of ether oxygens (including phenoxy) is 1. The Morgan fingerprint density at radius 2 is 2.32 bits per heavy atom. The highest BCUT2D eigenvalue weighted by Gasteiger charge is 2.10. The molecule has 0 aliphatic rings. The molecule has 0 unspecified atom stereocenters. The molecule has 0 aliphatic heterocycles. The lowest BCUT2D eigenvalue weighted by Gasteiger charge is -2.17. The minimum Gasteiger partial charge on any atom is -0.465 e. The number of anilines is 1. The van der Waals surface area contributed by atoms with E-state index in [0.717, 1.165) is 10.7 Å². The third-order valence-electron chi connectivity index (χ3n) is 2.62. The van der Waals surface area contributed by atoms with Crippen LogP contribution in [0.25, 0.3) is 0 Å². The molecule has 0 saturated carbocycles. The van der Waals surface area contributed by atoms with Crippen molar-refractivity contribution in [1.82, 2.24) is 9.97 Å². The second kappa shape index (κ2) is 5.79. The van der Waals surface area contributed by atoms with E-state index < -0.39 is 0 Å². The van der Waals surface area contributed by atoms with Crippen molar-refractivity contribution in [1.29, 1.82) is 0 Å². The topological polar surface area (TPSA) is 55.3 Å². The molecular formula is C13H15N3O2S. The van der Waals surface area contributed by atoms with Crippen LogP contribution in [0.1, 0.15) is 21.1 Å². The first-order valence-corrected chi connectivity index (χ1v) is 6.64. The number of rotatable bonds is 4. The third kappa shape index (κ3) is 3.29. The summed E-state index contributed by atoms with van der Waals surface area (Å²) in [4.78, 5) is 22.1. The molecule has 0 saturated heterocycles. The minimum absolute atomic E-state index is 0.360. The minimum atomic E-state index is -0.360. The number of nitrogens with zero attached hydrogens (tertiary/aromatic N) is 3. The van der Waals surface area contributed by atoms with Crippen LogP contribution in [0.3, 0.4) is 0 Å². The van der Waals surface area contributed by atoms with Crippen molar-refractivity contribution in [2.75, 3.05) is 19.1 Å². The van der Waals surface area contributed by atoms with Gasteiger partial charge in [0.15, 0.2) is 0 Å². The van der Waals surface area contributed by atoms with E-state index in [1.54, 1.807) is 29.7 Å². The highest BCUT2D eigenvalue weighted by Crippen LogP contribution is 2.16. The summed E-state index contributed by atoms with van der Waals surface area (Å²) < 4.78 is 4.70. The first-order chi connectivity index (χ1) is 9.10. The van der Waals surface area contributed by atoms with Gasteiger partial charge in [-0.1, -0.05) is 0 Å². The monoisotopic (exact) mass is 277 g/mol. The number of aryl methyl sites for hydroxylation is 1. The van der Waals surface area contributed by atoms with Crippen molar-refractivity contribution in [3.8, 4) is 0 Å². The van der Waals surface area contributed by atoms with E-state index in [4.69, 9.17) is 4.74 Å². The molecule has 0 aliphatic carbocycles. The van der Waals surface area contributed by atoms with Gasteiger partial charge in [-0.25, -0.2) is 14.8 Å². The zero-order valence-corrected chi connectivity index (χ0v) is 11.9. The first-order valence-electron chi connectivity index (χ1n) is 5.76. The fourth-order valence-electron chi connectivity index (χ4n) is 1.68. The maximum atomic E-state index is 11.5. The van der Waals surface area contributed by atoms with Crippen molar-refractivity contribution in [2.45, 2.75) is 13.5 Å². The molecule has 0 atom stereocenters. The largest absolute Gasteiger partial charge is 0.465 e. The van der Waals surface area contributed by atoms with Gasteiger partial charge in [0.05, 0.1) is 29.9 Å². The summed E-state index contributed by atoms with van der Waals surface area (Å²) in [5, 5.41) is 3.07. The van der Waals surface area contributed by atoms with Crippen molar-refractivity contribution < 1.29 is 9.53 Å². The maximum absolute atomic E-state index is 11.5. The molecule has 2 aromatic rings. The quantitative estimate of drug-likeness (QED) is 0.802. The Bertz CT molecular complexity index is 583. The molecule has 0 radical (unpaired) electrons. The molecule has 5 nitrogen and oxygen atoms in total. The fourth-order valence-corrected chi connectivity index (χ4v) is 2.28. The number of aromatic nitrogens is 2. The highest BCUT2D eigenvalue weighted by molar-refractivity contribution is 7.09. The van der Waals surface area contributed by atoms with E-state index >= 15 is 0 Å². The Balaban J connectivity index is 2.14. The standard InChI is InChI=1S/C13H15N3O2S/c1-9-15-11(8-19-9)7-16(2)12-6-10(4-5-14-12)13(17)18-3/h4-6,8H,7H2,1-3H3. The smallest absolute Gasteiger partial charge is 0.338 e. The Labute approximate surface area is 115 Å². The van der Waals surface area contributed by atoms with Gasteiger partial charge in [0.1, 0.15) is 5.82 Å². The molecule has 0 aromatic carbocycles. The third-order valence-corrected chi connectivity index (χ3v) is 3.45. The SMILES string of the molecule is COC(=O)c1ccnc(N(C)Cc2csc(C)n2)c1. The van der Waals surface area contributed by atoms with Gasteiger partial charge in [0, 0.05) is 18.6 Å². The number of thiazole rings is 1. The van der Waals surface area contributed by atoms with Crippen molar-refractivity contribution in [3.05, 3.63) is 40.0 Å². The molecule has 2 heterocycles. The Morgan fingerprint density at radius 1 is 1.53 bits per heavy atom. The number of hydrogen-bond acceptors (Lipinski definition) is 6. The molecule has 6 heteroatoms. The lowest BCUT2D eigenvalue weighted by molar-refractivity contribution is 0.0600. The predicted molar refractivity (Wildman–Crippen MR) is 74.5 cm³/mol. The van der Waals surface area contributed by atoms with Gasteiger partial charge in [-0.2, -0.15) is 0 Å². The summed E-state index contributed by atoms with van der Waals surface area (Å²) in [6.07, 6.45) is 1.60. The second-order valence-corrected chi connectivity index (χ2v) is 5.17. The average Bonchev–Trinajstić information content (AvgIpc) is 2.83. The summed E-state index contributed by atoms with van der Waals surface area (Å²) in [6, 6.07) is 3.35. The van der Waals surface area contributed by atoms with E-state index in [1.807, 2.05) is 24.3 Å². The molecule has 0 N–H and O–H groups in total. The van der Waals surface area contributed by atoms with Crippen LogP contribution in [0, 0.1) is 6.92 Å². The van der Waals surface area contributed by atoms with E-state index in [2.05, 4.69) is 9.97 Å². The van der Waals surface area contributed by atoms with Crippen LogP contribution < -0.4 is 4.90 Å². The highest BCUT2D eigenvalue weighted by atomic mass is 32.1. The van der Waals surface area contributed by atoms with Crippen molar-refractivity contribution in [3.63, 3.8) is 0 Å². The number of esters is 1. The van der Waals surface area contributed by atoms with Crippen molar-refractivity contribution >= 4 is 23.1 Å². The lowest BCUT2D eigenvalue weighted by atomic mass is 10.2. The van der Waals surface area contributed by atoms with Crippen LogP contribution in [0.2, 0.25) is 0 Å². The molecule has 0 fully saturated rings. The second-order valence-electron chi connectivity index (χ2n) is 4.11. The van der Waals surface area contributed by atoms with Gasteiger partial charge in [-0.05, 0) is 19.1 Å². The van der Waals surface area contributed by atoms with Crippen LogP contribution in [-0.4, -0.2) is 30.1 Å². The van der Waals surface area contributed by atoms with E-state index in [1.165, 1.54) is 7.11 Å². The fraction of sp³-hybridized carbons (Fsp3) is 0.308. The molecular weight excluding hydrogens is 262 g/mol. The molecule has 0 spiro atoms. The zero-order valence-electron chi connectivity index (χ0n) is 11.1. The molecule has 100 valence electrons. The Morgan fingerprint density at radius 3 is 2.95 bits per heavy atom. The first kappa shape index (κ1) is 13.5. The van der Waals surface area contributed by atoms with E-state index in [0.29, 0.717) is 17.9 Å². The van der Waals surface area contributed by atoms with Crippen molar-refractivity contribution in [2.24, 2.45) is 0 Å². The Hall–Kier alpha value is -1.95. The van der Waals surface area contributed by atoms with Crippen LogP contribution >= 0.6 is 11.3 Å². The van der Waals surface area contributed by atoms with Gasteiger partial charge in [-0.3, -0.25) is 0 Å². The van der Waals surface area contributed by atoms with E-state index in [-0.39, 0.29) is 5.97 Å². The summed E-state index contributed by atoms with van der Waals surface area (Å²) in [5.41, 5.74) is 1.49. The van der Waals surface area contributed by atoms with Crippen LogP contribution in [0.15, 0.2) is 23.7 Å². The number of carbonyl (C=O) groups is 1. The summed E-state index contributed by atoms with van der Waals surface area (Å²) in [6.45, 7) is 2.63. The summed E-state index contributed by atoms with van der Waals surface area (Å²) >= 11 is 1.62. The summed E-state index contributed by atoms with van der Waals surface area (Å²) in [5.74, 6) is 0.357. The van der Waals surface area contributed by atoms with Gasteiger partial charge in [0.25, 0.3) is 0 Å². The zero-order chi connectivity index (χ0) is 13.8. The maximum Gasteiger partial charge on any atom is 0.338 e. The van der Waals surface area contributed by atoms with Gasteiger partial charge in [-0.15, -0.1) is 11.3 Å². The lowest BCUT2D eigenvalue weighted by Crippen LogP contribution is -2.18. The predicted octanol–water partition coefficient (Wildman–Crippen LogP) is 2.27. The number of methoxy groups -OCH3 is 1. The van der Waals surface area contributed by atoms with Gasteiger partial charge >= 0.3 is 5.97 Å². The molecule has 2 aromatic heterocycles. The number of pyridine rings is 1. The normalized spacial score (nSPS) is 10.3. The molecule has 0 amide bonds. The van der Waals surface area contributed by atoms with Gasteiger partial charge < -0.3 is 9.64 Å². The molecule has 2 rings (SSSR count). The van der Waals surface area contributed by atoms with Crippen LogP contribution in [0.4, 0.5) is 5.82 Å². The summed E-state index contributed by atoms with van der Waals surface area (Å²) in [7, 11) is 3.28.